The molecule has 0 nitrogen and oxygen atoms in total. The van der Waals surface area contributed by atoms with Gasteiger partial charge >= 0.3 is 0 Å². The van der Waals surface area contributed by atoms with Crippen LogP contribution in [0.3, 0.4) is 0 Å². The van der Waals surface area contributed by atoms with Gasteiger partial charge in [-0.3, -0.25) is 0 Å². The molecule has 9 aromatic carbocycles. The van der Waals surface area contributed by atoms with Crippen molar-refractivity contribution in [2.45, 2.75) is 0 Å². The van der Waals surface area contributed by atoms with E-state index in [1.54, 1.807) is 0 Å². The van der Waals surface area contributed by atoms with Crippen LogP contribution in [0.2, 0.25) is 0 Å². The maximum absolute atomic E-state index is 2.44. The Kier molecular flexibility index (Phi) is 6.25. The summed E-state index contributed by atoms with van der Waals surface area (Å²) in [6, 6.07) is 66.6. The smallest absolute Gasteiger partial charge is 0.00923 e. The van der Waals surface area contributed by atoms with E-state index in [0.29, 0.717) is 0 Å². The first-order valence-corrected chi connectivity index (χ1v) is 15.9. The number of rotatable bonds is 4. The largest absolute Gasteiger partial charge is 0.0622 e. The Balaban J connectivity index is 1.40. The van der Waals surface area contributed by atoms with Gasteiger partial charge < -0.3 is 0 Å². The molecule has 0 saturated heterocycles. The van der Waals surface area contributed by atoms with Crippen LogP contribution in [0.1, 0.15) is 0 Å². The molecule has 46 heavy (non-hydrogen) atoms. The molecule has 9 aromatic rings. The minimum Gasteiger partial charge on any atom is -0.0622 e. The second kappa shape index (κ2) is 10.9. The SMILES string of the molecule is c1ccc(-c2ccc3c(c2)c(-c2ccccc2)cc2c4ccc(-c5ccccc5)cc4c(-c4ccc5ccccc5c4)cc32)cc1. The molecule has 0 heteroatoms. The van der Waals surface area contributed by atoms with Gasteiger partial charge in [-0.05, 0) is 118 Å². The Labute approximate surface area is 268 Å². The van der Waals surface area contributed by atoms with Crippen molar-refractivity contribution >= 4 is 43.1 Å². The van der Waals surface area contributed by atoms with Crippen LogP contribution in [0.25, 0.3) is 87.6 Å². The van der Waals surface area contributed by atoms with Crippen LogP contribution in [0.4, 0.5) is 0 Å². The van der Waals surface area contributed by atoms with Gasteiger partial charge in [0.2, 0.25) is 0 Å². The summed E-state index contributed by atoms with van der Waals surface area (Å²) < 4.78 is 0. The minimum absolute atomic E-state index is 1.23. The molecule has 0 heterocycles. The molecule has 0 amide bonds. The molecular formula is C46H30. The highest BCUT2D eigenvalue weighted by Gasteiger charge is 2.16. The van der Waals surface area contributed by atoms with E-state index in [-0.39, 0.29) is 0 Å². The van der Waals surface area contributed by atoms with Gasteiger partial charge in [0.05, 0.1) is 0 Å². The summed E-state index contributed by atoms with van der Waals surface area (Å²) in [6.07, 6.45) is 0. The van der Waals surface area contributed by atoms with Crippen LogP contribution in [0.5, 0.6) is 0 Å². The topological polar surface area (TPSA) is 0 Å². The van der Waals surface area contributed by atoms with Crippen molar-refractivity contribution < 1.29 is 0 Å². The Morgan fingerprint density at radius 2 is 0.630 bits per heavy atom. The fraction of sp³-hybridized carbons (Fsp3) is 0. The van der Waals surface area contributed by atoms with Crippen LogP contribution < -0.4 is 0 Å². The second-order valence-corrected chi connectivity index (χ2v) is 12.1. The summed E-state index contributed by atoms with van der Waals surface area (Å²) >= 11 is 0. The molecule has 0 atom stereocenters. The summed E-state index contributed by atoms with van der Waals surface area (Å²) in [5.41, 5.74) is 9.89. The average molecular weight is 583 g/mol. The van der Waals surface area contributed by atoms with Gasteiger partial charge in [-0.25, -0.2) is 0 Å². The molecule has 9 rings (SSSR count). The van der Waals surface area contributed by atoms with E-state index < -0.39 is 0 Å². The second-order valence-electron chi connectivity index (χ2n) is 12.1. The molecular weight excluding hydrogens is 553 g/mol. The lowest BCUT2D eigenvalue weighted by Crippen LogP contribution is -1.91. The first-order chi connectivity index (χ1) is 22.8. The highest BCUT2D eigenvalue weighted by molar-refractivity contribution is 6.24. The van der Waals surface area contributed by atoms with Crippen molar-refractivity contribution in [2.24, 2.45) is 0 Å². The van der Waals surface area contributed by atoms with E-state index in [1.807, 2.05) is 0 Å². The van der Waals surface area contributed by atoms with E-state index in [0.717, 1.165) is 0 Å². The van der Waals surface area contributed by atoms with Crippen molar-refractivity contribution in [2.75, 3.05) is 0 Å². The first-order valence-electron chi connectivity index (χ1n) is 15.9. The molecule has 0 aliphatic carbocycles. The monoisotopic (exact) mass is 582 g/mol. The standard InChI is InChI=1S/C46H30/c1-4-12-31(13-5-1)36-22-24-39-43(27-36)41(34-17-8-3-9-18-34)29-45-40-25-23-37(32-14-6-2-7-15-32)28-44(40)42(30-46(39)45)38-21-20-33-16-10-11-19-35(33)26-38/h1-30H. The maximum Gasteiger partial charge on any atom is -0.00923 e. The van der Waals surface area contributed by atoms with Crippen LogP contribution in [-0.2, 0) is 0 Å². The molecule has 0 bridgehead atoms. The highest BCUT2D eigenvalue weighted by Crippen LogP contribution is 2.44. The van der Waals surface area contributed by atoms with Crippen LogP contribution in [0, 0.1) is 0 Å². The van der Waals surface area contributed by atoms with E-state index in [9.17, 15) is 0 Å². The molecule has 0 spiro atoms. The molecule has 0 N–H and O–H groups in total. The summed E-state index contributed by atoms with van der Waals surface area (Å²) in [6.45, 7) is 0. The van der Waals surface area contributed by atoms with Crippen LogP contribution in [-0.4, -0.2) is 0 Å². The fourth-order valence-electron chi connectivity index (χ4n) is 7.12. The number of hydrogen-bond acceptors (Lipinski definition) is 0. The first kappa shape index (κ1) is 26.4. The van der Waals surface area contributed by atoms with Crippen LogP contribution in [0.15, 0.2) is 182 Å². The lowest BCUT2D eigenvalue weighted by molar-refractivity contribution is 1.63. The van der Waals surface area contributed by atoms with Crippen molar-refractivity contribution in [3.63, 3.8) is 0 Å². The lowest BCUT2D eigenvalue weighted by atomic mass is 9.85. The zero-order chi connectivity index (χ0) is 30.5. The average Bonchev–Trinajstić information content (AvgIpc) is 3.14. The Bertz CT molecular complexity index is 2540. The predicted molar refractivity (Wildman–Crippen MR) is 198 cm³/mol. The third-order valence-electron chi connectivity index (χ3n) is 9.43. The van der Waals surface area contributed by atoms with Crippen molar-refractivity contribution in [1.29, 1.82) is 0 Å². The summed E-state index contributed by atoms with van der Waals surface area (Å²) in [7, 11) is 0. The zero-order valence-corrected chi connectivity index (χ0v) is 25.3. The predicted octanol–water partition coefficient (Wildman–Crippen LogP) is 13.0. The highest BCUT2D eigenvalue weighted by atomic mass is 14.2. The minimum atomic E-state index is 1.23. The van der Waals surface area contributed by atoms with Gasteiger partial charge in [-0.2, -0.15) is 0 Å². The van der Waals surface area contributed by atoms with E-state index in [1.165, 1.54) is 87.6 Å². The molecule has 0 radical (unpaired) electrons. The normalized spacial score (nSPS) is 11.5. The van der Waals surface area contributed by atoms with Crippen molar-refractivity contribution in [3.05, 3.63) is 182 Å². The molecule has 0 unspecified atom stereocenters. The van der Waals surface area contributed by atoms with Crippen molar-refractivity contribution in [3.8, 4) is 44.5 Å². The molecule has 0 aromatic heterocycles. The molecule has 214 valence electrons. The Morgan fingerprint density at radius 1 is 0.196 bits per heavy atom. The maximum atomic E-state index is 2.44. The molecule has 0 saturated carbocycles. The number of benzene rings is 9. The van der Waals surface area contributed by atoms with Gasteiger partial charge in [-0.15, -0.1) is 0 Å². The molecule has 0 aliphatic heterocycles. The fourth-order valence-corrected chi connectivity index (χ4v) is 7.12. The van der Waals surface area contributed by atoms with Gasteiger partial charge in [-0.1, -0.05) is 152 Å². The third-order valence-corrected chi connectivity index (χ3v) is 9.43. The van der Waals surface area contributed by atoms with E-state index >= 15 is 0 Å². The molecule has 0 fully saturated rings. The van der Waals surface area contributed by atoms with Crippen molar-refractivity contribution in [1.82, 2.24) is 0 Å². The number of hydrogen-bond donors (Lipinski definition) is 0. The molecule has 0 aliphatic rings. The van der Waals surface area contributed by atoms with Crippen LogP contribution >= 0.6 is 0 Å². The van der Waals surface area contributed by atoms with E-state index in [4.69, 9.17) is 0 Å². The lowest BCUT2D eigenvalue weighted by Gasteiger charge is -2.18. The third kappa shape index (κ3) is 4.47. The Morgan fingerprint density at radius 3 is 1.17 bits per heavy atom. The Hall–Kier alpha value is -5.98. The van der Waals surface area contributed by atoms with Gasteiger partial charge in [0.15, 0.2) is 0 Å². The summed E-state index contributed by atoms with van der Waals surface area (Å²) in [5.74, 6) is 0. The van der Waals surface area contributed by atoms with Gasteiger partial charge in [0, 0.05) is 0 Å². The quantitative estimate of drug-likeness (QED) is 0.181. The zero-order valence-electron chi connectivity index (χ0n) is 25.3. The van der Waals surface area contributed by atoms with Gasteiger partial charge in [0.25, 0.3) is 0 Å². The summed E-state index contributed by atoms with van der Waals surface area (Å²) in [4.78, 5) is 0. The number of fused-ring (bicyclic) bond motifs is 6. The van der Waals surface area contributed by atoms with E-state index in [2.05, 4.69) is 182 Å². The van der Waals surface area contributed by atoms with Gasteiger partial charge in [0.1, 0.15) is 0 Å². The summed E-state index contributed by atoms with van der Waals surface area (Å²) in [5, 5.41) is 10.1.